The average Bonchev–Trinajstić information content (AvgIpc) is 3.51. The summed E-state index contributed by atoms with van der Waals surface area (Å²) in [5.41, 5.74) is 6.60. The van der Waals surface area contributed by atoms with Gasteiger partial charge in [-0.2, -0.15) is 0 Å². The number of carbonyl (C=O) groups excluding carboxylic acids is 2. The van der Waals surface area contributed by atoms with E-state index in [1.54, 1.807) is 0 Å². The fraction of sp³-hybridized carbons (Fsp3) is 0.583. The molecule has 1 heterocycles. The van der Waals surface area contributed by atoms with Crippen molar-refractivity contribution >= 4 is 11.8 Å². The number of nitrogens with two attached hydrogens (primary N) is 1. The van der Waals surface area contributed by atoms with Crippen LogP contribution in [0.5, 0.6) is 0 Å². The summed E-state index contributed by atoms with van der Waals surface area (Å²) in [5, 5.41) is 22.5. The van der Waals surface area contributed by atoms with Crippen molar-refractivity contribution < 1.29 is 14.7 Å². The number of hydrogen-bond acceptors (Lipinski definition) is 5. The minimum Gasteiger partial charge on any atom is -0.383 e. The van der Waals surface area contributed by atoms with Gasteiger partial charge in [-0.1, -0.05) is 48.7 Å². The van der Waals surface area contributed by atoms with Crippen molar-refractivity contribution in [2.45, 2.75) is 81.4 Å². The Morgan fingerprint density at radius 1 is 1.09 bits per heavy atom. The van der Waals surface area contributed by atoms with Crippen LogP contribution in [0, 0.1) is 5.92 Å². The van der Waals surface area contributed by atoms with Crippen LogP contribution in [0.25, 0.3) is 0 Å². The first kappa shape index (κ1) is 21.1. The zero-order valence-corrected chi connectivity index (χ0v) is 18.3. The molecule has 3 aliphatic carbocycles. The number of amides is 2. The number of nitrogens with zero attached hydrogens (tertiary/aromatic N) is 3. The smallest absolute Gasteiger partial charge is 0.243 e. The summed E-state index contributed by atoms with van der Waals surface area (Å²) in [6.45, 7) is 0. The summed E-state index contributed by atoms with van der Waals surface area (Å²) < 4.78 is 1.81. The fourth-order valence-corrected chi connectivity index (χ4v) is 5.77. The minimum absolute atomic E-state index is 0.0597. The van der Waals surface area contributed by atoms with Crippen LogP contribution in [0.1, 0.15) is 74.2 Å². The maximum Gasteiger partial charge on any atom is 0.243 e. The molecule has 0 spiro atoms. The van der Waals surface area contributed by atoms with Crippen LogP contribution < -0.4 is 11.1 Å². The molecule has 2 saturated carbocycles. The minimum atomic E-state index is -1.05. The highest BCUT2D eigenvalue weighted by Gasteiger charge is 2.45. The van der Waals surface area contributed by atoms with Crippen molar-refractivity contribution in [3.05, 3.63) is 47.3 Å². The molecule has 2 unspecified atom stereocenters. The highest BCUT2D eigenvalue weighted by molar-refractivity contribution is 5.92. The molecule has 0 aliphatic heterocycles. The van der Waals surface area contributed by atoms with Crippen LogP contribution in [-0.2, 0) is 28.0 Å². The molecule has 5 rings (SSSR count). The van der Waals surface area contributed by atoms with Crippen molar-refractivity contribution in [2.24, 2.45) is 11.7 Å². The standard InChI is InChI=1S/C24H31N5O3/c25-22(31)23(13-17-6-2-3-7-18(17)14-23)26-21(30)16-8-9-19(12-16)29-15-20(27-28-29)24(32)10-4-1-5-11-24/h2-3,6-7,15-16,19,32H,1,4-5,8-14H2,(H2,25,31)(H,26,30). The Kier molecular flexibility index (Phi) is 5.28. The van der Waals surface area contributed by atoms with E-state index in [-0.39, 0.29) is 17.9 Å². The van der Waals surface area contributed by atoms with Crippen LogP contribution in [-0.4, -0.2) is 37.5 Å². The molecule has 0 bridgehead atoms. The van der Waals surface area contributed by atoms with Gasteiger partial charge in [0.1, 0.15) is 16.8 Å². The molecular weight excluding hydrogens is 406 g/mol. The molecule has 0 saturated heterocycles. The Balaban J connectivity index is 1.25. The number of primary amides is 1. The van der Waals surface area contributed by atoms with Gasteiger partial charge >= 0.3 is 0 Å². The van der Waals surface area contributed by atoms with Crippen LogP contribution in [0.2, 0.25) is 0 Å². The first-order valence-corrected chi connectivity index (χ1v) is 11.7. The molecule has 2 amide bonds. The van der Waals surface area contributed by atoms with Gasteiger partial charge in [0.15, 0.2) is 0 Å². The lowest BCUT2D eigenvalue weighted by molar-refractivity contribution is -0.133. The maximum atomic E-state index is 13.1. The van der Waals surface area contributed by atoms with E-state index >= 15 is 0 Å². The van der Waals surface area contributed by atoms with Gasteiger partial charge in [-0.25, -0.2) is 4.68 Å². The number of benzene rings is 1. The summed E-state index contributed by atoms with van der Waals surface area (Å²) in [5.74, 6) is -0.811. The van der Waals surface area contributed by atoms with Crippen molar-refractivity contribution in [1.82, 2.24) is 20.3 Å². The average molecular weight is 438 g/mol. The molecule has 3 aliphatic rings. The number of aliphatic hydroxyl groups is 1. The van der Waals surface area contributed by atoms with E-state index < -0.39 is 17.0 Å². The number of nitrogens with one attached hydrogen (secondary N) is 1. The van der Waals surface area contributed by atoms with Gasteiger partial charge in [0.05, 0.1) is 12.2 Å². The van der Waals surface area contributed by atoms with E-state index in [0.717, 1.165) is 56.1 Å². The summed E-state index contributed by atoms with van der Waals surface area (Å²) in [6, 6.07) is 7.91. The third kappa shape index (κ3) is 3.70. The molecule has 170 valence electrons. The van der Waals surface area contributed by atoms with Crippen LogP contribution in [0.15, 0.2) is 30.5 Å². The van der Waals surface area contributed by atoms with E-state index in [4.69, 9.17) is 5.73 Å². The first-order valence-electron chi connectivity index (χ1n) is 11.7. The molecule has 2 atom stereocenters. The topological polar surface area (TPSA) is 123 Å². The van der Waals surface area contributed by atoms with Gasteiger partial charge in [0.2, 0.25) is 11.8 Å². The molecular formula is C24H31N5O3. The Bertz CT molecular complexity index is 1000. The maximum absolute atomic E-state index is 13.1. The van der Waals surface area contributed by atoms with E-state index in [1.807, 2.05) is 35.1 Å². The van der Waals surface area contributed by atoms with Crippen LogP contribution in [0.4, 0.5) is 0 Å². The zero-order valence-electron chi connectivity index (χ0n) is 18.3. The molecule has 32 heavy (non-hydrogen) atoms. The Morgan fingerprint density at radius 2 is 1.78 bits per heavy atom. The van der Waals surface area contributed by atoms with Crippen LogP contribution in [0.3, 0.4) is 0 Å². The van der Waals surface area contributed by atoms with Gasteiger partial charge in [0, 0.05) is 18.8 Å². The monoisotopic (exact) mass is 437 g/mol. The summed E-state index contributed by atoms with van der Waals surface area (Å²) >= 11 is 0. The van der Waals surface area contributed by atoms with E-state index in [0.29, 0.717) is 25.0 Å². The van der Waals surface area contributed by atoms with Gasteiger partial charge < -0.3 is 16.2 Å². The third-order valence-electron chi connectivity index (χ3n) is 7.75. The van der Waals surface area contributed by atoms with Gasteiger partial charge in [-0.15, -0.1) is 5.10 Å². The molecule has 1 aromatic carbocycles. The van der Waals surface area contributed by atoms with E-state index in [9.17, 15) is 14.7 Å². The summed E-state index contributed by atoms with van der Waals surface area (Å²) in [4.78, 5) is 25.5. The predicted octanol–water partition coefficient (Wildman–Crippen LogP) is 1.91. The lowest BCUT2D eigenvalue weighted by atomic mass is 9.83. The lowest BCUT2D eigenvalue weighted by Gasteiger charge is -2.29. The Labute approximate surface area is 187 Å². The normalized spacial score (nSPS) is 25.9. The summed E-state index contributed by atoms with van der Waals surface area (Å²) in [6.07, 6.45) is 9.48. The molecule has 4 N–H and O–H groups in total. The van der Waals surface area contributed by atoms with Gasteiger partial charge in [-0.05, 0) is 43.2 Å². The molecule has 2 aromatic rings. The largest absolute Gasteiger partial charge is 0.383 e. The van der Waals surface area contributed by atoms with Crippen molar-refractivity contribution in [3.63, 3.8) is 0 Å². The zero-order chi connectivity index (χ0) is 22.3. The molecule has 1 aromatic heterocycles. The molecule has 8 heteroatoms. The van der Waals surface area contributed by atoms with Crippen molar-refractivity contribution in [3.8, 4) is 0 Å². The second-order valence-corrected chi connectivity index (χ2v) is 9.90. The SMILES string of the molecule is NC(=O)C1(NC(=O)C2CCC(n3cc(C4(O)CCCCC4)nn3)C2)Cc2ccccc2C1. The Hall–Kier alpha value is -2.74. The molecule has 2 fully saturated rings. The van der Waals surface area contributed by atoms with E-state index in [2.05, 4.69) is 15.6 Å². The lowest BCUT2D eigenvalue weighted by Crippen LogP contribution is -2.59. The van der Waals surface area contributed by atoms with Crippen molar-refractivity contribution in [2.75, 3.05) is 0 Å². The highest BCUT2D eigenvalue weighted by atomic mass is 16.3. The van der Waals surface area contributed by atoms with Crippen molar-refractivity contribution in [1.29, 1.82) is 0 Å². The third-order valence-corrected chi connectivity index (χ3v) is 7.75. The highest BCUT2D eigenvalue weighted by Crippen LogP contribution is 2.39. The number of carbonyl (C=O) groups is 2. The second-order valence-electron chi connectivity index (χ2n) is 9.90. The van der Waals surface area contributed by atoms with Crippen LogP contribution >= 0.6 is 0 Å². The molecule has 8 nitrogen and oxygen atoms in total. The van der Waals surface area contributed by atoms with Gasteiger partial charge in [-0.3, -0.25) is 9.59 Å². The Morgan fingerprint density at radius 3 is 2.44 bits per heavy atom. The second kappa shape index (κ2) is 7.99. The number of hydrogen-bond donors (Lipinski definition) is 3. The first-order chi connectivity index (χ1) is 15.4. The van der Waals surface area contributed by atoms with Gasteiger partial charge in [0.25, 0.3) is 0 Å². The number of fused-ring (bicyclic) bond motifs is 1. The number of aromatic nitrogens is 3. The number of rotatable bonds is 5. The fourth-order valence-electron chi connectivity index (χ4n) is 5.77. The predicted molar refractivity (Wildman–Crippen MR) is 117 cm³/mol. The van der Waals surface area contributed by atoms with E-state index in [1.165, 1.54) is 0 Å². The summed E-state index contributed by atoms with van der Waals surface area (Å²) in [7, 11) is 0. The molecule has 0 radical (unpaired) electrons. The quantitative estimate of drug-likeness (QED) is 0.659.